The van der Waals surface area contributed by atoms with E-state index in [0.717, 1.165) is 35.9 Å². The summed E-state index contributed by atoms with van der Waals surface area (Å²) in [6.07, 6.45) is 3.26. The van der Waals surface area contributed by atoms with Crippen molar-refractivity contribution >= 4 is 10.9 Å². The molecule has 0 aliphatic rings. The van der Waals surface area contributed by atoms with Gasteiger partial charge in [0.25, 0.3) is 0 Å². The van der Waals surface area contributed by atoms with Crippen LogP contribution >= 0.6 is 0 Å². The number of benzene rings is 1. The van der Waals surface area contributed by atoms with Crippen molar-refractivity contribution in [1.29, 1.82) is 0 Å². The molecule has 0 radical (unpaired) electrons. The fourth-order valence-electron chi connectivity index (χ4n) is 1.63. The van der Waals surface area contributed by atoms with Gasteiger partial charge in [-0.2, -0.15) is 0 Å². The zero-order valence-electron chi connectivity index (χ0n) is 8.83. The van der Waals surface area contributed by atoms with Gasteiger partial charge in [0, 0.05) is 17.1 Å². The summed E-state index contributed by atoms with van der Waals surface area (Å²) < 4.78 is 13.0. The second kappa shape index (κ2) is 4.39. The highest BCUT2D eigenvalue weighted by molar-refractivity contribution is 5.78. The first-order chi connectivity index (χ1) is 7.29. The molecule has 0 atom stereocenters. The molecule has 2 heteroatoms. The number of unbranched alkanes of at least 4 members (excludes halogenated alkanes) is 1. The Labute approximate surface area is 89.0 Å². The van der Waals surface area contributed by atoms with E-state index in [-0.39, 0.29) is 5.82 Å². The van der Waals surface area contributed by atoms with Crippen molar-refractivity contribution in [2.24, 2.45) is 0 Å². The van der Waals surface area contributed by atoms with Crippen molar-refractivity contribution in [3.63, 3.8) is 0 Å². The third-order valence-electron chi connectivity index (χ3n) is 2.50. The minimum Gasteiger partial charge on any atom is -0.253 e. The fourth-order valence-corrected chi connectivity index (χ4v) is 1.63. The number of rotatable bonds is 3. The quantitative estimate of drug-likeness (QED) is 0.741. The molecule has 1 aromatic heterocycles. The van der Waals surface area contributed by atoms with Gasteiger partial charge in [-0.3, -0.25) is 4.98 Å². The summed E-state index contributed by atoms with van der Waals surface area (Å²) in [4.78, 5) is 4.43. The van der Waals surface area contributed by atoms with E-state index in [2.05, 4.69) is 11.9 Å². The minimum atomic E-state index is -0.220. The van der Waals surface area contributed by atoms with Crippen LogP contribution < -0.4 is 0 Å². The summed E-state index contributed by atoms with van der Waals surface area (Å²) in [5, 5.41) is 0.997. The summed E-state index contributed by atoms with van der Waals surface area (Å²) in [5.41, 5.74) is 1.80. The average molecular weight is 203 g/mol. The molecular weight excluding hydrogens is 189 g/mol. The Balaban J connectivity index is 2.36. The van der Waals surface area contributed by atoms with Gasteiger partial charge >= 0.3 is 0 Å². The van der Waals surface area contributed by atoms with Gasteiger partial charge in [-0.1, -0.05) is 19.4 Å². The van der Waals surface area contributed by atoms with E-state index in [1.54, 1.807) is 6.07 Å². The topological polar surface area (TPSA) is 12.9 Å². The predicted octanol–water partition coefficient (Wildman–Crippen LogP) is 3.72. The number of aromatic nitrogens is 1. The molecule has 2 rings (SSSR count). The van der Waals surface area contributed by atoms with Gasteiger partial charge in [-0.25, -0.2) is 4.39 Å². The maximum atomic E-state index is 13.0. The number of hydrogen-bond donors (Lipinski definition) is 0. The summed E-state index contributed by atoms with van der Waals surface area (Å²) in [6.45, 7) is 2.15. The van der Waals surface area contributed by atoms with Gasteiger partial charge in [-0.15, -0.1) is 0 Å². The zero-order valence-corrected chi connectivity index (χ0v) is 8.83. The highest BCUT2D eigenvalue weighted by Gasteiger charge is 1.99. The minimum absolute atomic E-state index is 0.220. The second-order valence-electron chi connectivity index (χ2n) is 3.74. The number of fused-ring (bicyclic) bond motifs is 1. The van der Waals surface area contributed by atoms with Crippen molar-refractivity contribution in [3.05, 3.63) is 41.8 Å². The Morgan fingerprint density at radius 2 is 2.00 bits per heavy atom. The fraction of sp³-hybridized carbons (Fsp3) is 0.308. The van der Waals surface area contributed by atoms with Crippen LogP contribution in [0.15, 0.2) is 30.3 Å². The Hall–Kier alpha value is -1.44. The van der Waals surface area contributed by atoms with Crippen LogP contribution in [0.5, 0.6) is 0 Å². The molecule has 0 saturated heterocycles. The van der Waals surface area contributed by atoms with Crippen LogP contribution in [0.4, 0.5) is 4.39 Å². The maximum Gasteiger partial charge on any atom is 0.125 e. The number of hydrogen-bond acceptors (Lipinski definition) is 1. The molecular formula is C13H14FN. The number of halogens is 1. The molecule has 0 amide bonds. The van der Waals surface area contributed by atoms with Gasteiger partial charge in [-0.05, 0) is 31.0 Å². The lowest BCUT2D eigenvalue weighted by Gasteiger charge is -2.02. The second-order valence-corrected chi connectivity index (χ2v) is 3.74. The molecule has 0 aliphatic carbocycles. The van der Waals surface area contributed by atoms with Crippen LogP contribution in [0.25, 0.3) is 10.9 Å². The van der Waals surface area contributed by atoms with Gasteiger partial charge in [0.15, 0.2) is 0 Å². The summed E-state index contributed by atoms with van der Waals surface area (Å²) in [7, 11) is 0. The van der Waals surface area contributed by atoms with Gasteiger partial charge in [0.2, 0.25) is 0 Å². The van der Waals surface area contributed by atoms with Crippen molar-refractivity contribution < 1.29 is 4.39 Å². The van der Waals surface area contributed by atoms with Gasteiger partial charge in [0.05, 0.1) is 5.52 Å². The first kappa shape index (κ1) is 10.1. The molecule has 0 N–H and O–H groups in total. The number of nitrogens with zero attached hydrogens (tertiary/aromatic N) is 1. The third kappa shape index (κ3) is 2.32. The van der Waals surface area contributed by atoms with Crippen molar-refractivity contribution in [2.75, 3.05) is 0 Å². The largest absolute Gasteiger partial charge is 0.253 e. The SMILES string of the molecule is CCCCc1ccc2ccc(F)cc2n1. The first-order valence-electron chi connectivity index (χ1n) is 5.35. The third-order valence-corrected chi connectivity index (χ3v) is 2.50. The van der Waals surface area contributed by atoms with E-state index < -0.39 is 0 Å². The molecule has 0 fully saturated rings. The molecule has 0 spiro atoms. The van der Waals surface area contributed by atoms with E-state index in [1.165, 1.54) is 12.1 Å². The van der Waals surface area contributed by atoms with Crippen LogP contribution in [0, 0.1) is 5.82 Å². The normalized spacial score (nSPS) is 10.8. The smallest absolute Gasteiger partial charge is 0.125 e. The highest BCUT2D eigenvalue weighted by atomic mass is 19.1. The highest BCUT2D eigenvalue weighted by Crippen LogP contribution is 2.14. The van der Waals surface area contributed by atoms with E-state index in [0.29, 0.717) is 0 Å². The van der Waals surface area contributed by atoms with Crippen LogP contribution in [-0.2, 0) is 6.42 Å². The number of pyridine rings is 1. The predicted molar refractivity (Wildman–Crippen MR) is 60.3 cm³/mol. The Morgan fingerprint density at radius 1 is 1.20 bits per heavy atom. The van der Waals surface area contributed by atoms with Crippen LogP contribution in [0.3, 0.4) is 0 Å². The van der Waals surface area contributed by atoms with Crippen LogP contribution in [-0.4, -0.2) is 4.98 Å². The lowest BCUT2D eigenvalue weighted by atomic mass is 10.1. The lowest BCUT2D eigenvalue weighted by molar-refractivity contribution is 0.629. The standard InChI is InChI=1S/C13H14FN/c1-2-3-4-12-8-6-10-5-7-11(14)9-13(10)15-12/h5-9H,2-4H2,1H3. The molecule has 1 heterocycles. The summed E-state index contributed by atoms with van der Waals surface area (Å²) >= 11 is 0. The monoisotopic (exact) mass is 203 g/mol. The van der Waals surface area contributed by atoms with E-state index >= 15 is 0 Å². The Bertz CT molecular complexity index is 465. The Morgan fingerprint density at radius 3 is 2.80 bits per heavy atom. The number of aryl methyl sites for hydroxylation is 1. The van der Waals surface area contributed by atoms with Gasteiger partial charge in [0.1, 0.15) is 5.82 Å². The van der Waals surface area contributed by atoms with E-state index in [1.807, 2.05) is 12.1 Å². The molecule has 1 aromatic carbocycles. The summed E-state index contributed by atoms with van der Waals surface area (Å²) in [6, 6.07) is 8.75. The lowest BCUT2D eigenvalue weighted by Crippen LogP contribution is -1.90. The first-order valence-corrected chi connectivity index (χ1v) is 5.35. The molecule has 0 bridgehead atoms. The van der Waals surface area contributed by atoms with E-state index in [9.17, 15) is 4.39 Å². The van der Waals surface area contributed by atoms with Crippen molar-refractivity contribution in [1.82, 2.24) is 4.98 Å². The molecule has 0 aliphatic heterocycles. The Kier molecular flexibility index (Phi) is 2.95. The summed E-state index contributed by atoms with van der Waals surface area (Å²) in [5.74, 6) is -0.220. The molecule has 15 heavy (non-hydrogen) atoms. The van der Waals surface area contributed by atoms with Crippen molar-refractivity contribution in [3.8, 4) is 0 Å². The zero-order chi connectivity index (χ0) is 10.7. The van der Waals surface area contributed by atoms with Crippen molar-refractivity contribution in [2.45, 2.75) is 26.2 Å². The van der Waals surface area contributed by atoms with E-state index in [4.69, 9.17) is 0 Å². The molecule has 78 valence electrons. The average Bonchev–Trinajstić information content (AvgIpc) is 2.25. The molecule has 0 unspecified atom stereocenters. The molecule has 1 nitrogen and oxygen atoms in total. The van der Waals surface area contributed by atoms with Crippen LogP contribution in [0.1, 0.15) is 25.5 Å². The molecule has 2 aromatic rings. The van der Waals surface area contributed by atoms with Gasteiger partial charge < -0.3 is 0 Å². The maximum absolute atomic E-state index is 13.0. The molecule has 0 saturated carbocycles. The van der Waals surface area contributed by atoms with Crippen LogP contribution in [0.2, 0.25) is 0 Å².